The van der Waals surface area contributed by atoms with Crippen LogP contribution in [0, 0.1) is 5.92 Å². The molecular formula is C21H40N4O. The van der Waals surface area contributed by atoms with Gasteiger partial charge in [-0.25, -0.2) is 0 Å². The van der Waals surface area contributed by atoms with Crippen molar-refractivity contribution in [1.29, 1.82) is 0 Å². The van der Waals surface area contributed by atoms with E-state index >= 15 is 0 Å². The molecule has 3 fully saturated rings. The summed E-state index contributed by atoms with van der Waals surface area (Å²) < 4.78 is 6.10. The van der Waals surface area contributed by atoms with Crippen LogP contribution in [0.1, 0.15) is 64.7 Å². The van der Waals surface area contributed by atoms with Crippen molar-refractivity contribution >= 4 is 5.96 Å². The fourth-order valence-corrected chi connectivity index (χ4v) is 4.71. The Hall–Kier alpha value is -0.810. The first kappa shape index (κ1) is 19.9. The Morgan fingerprint density at radius 1 is 1.00 bits per heavy atom. The highest BCUT2D eigenvalue weighted by Gasteiger charge is 2.27. The summed E-state index contributed by atoms with van der Waals surface area (Å²) in [5, 5.41) is 3.49. The van der Waals surface area contributed by atoms with Crippen LogP contribution in [-0.2, 0) is 4.74 Å². The smallest absolute Gasteiger partial charge is 0.194 e. The standard InChI is InChI=1S/C21H40N4O/c1-2-22-21(23-12-16-26-20-9-5-3-4-6-10-20)25-15-11-19(18-25)17-24-13-7-8-14-24/h19-20H,2-18H2,1H3,(H,22,23). The Morgan fingerprint density at radius 3 is 2.50 bits per heavy atom. The first-order valence-corrected chi connectivity index (χ1v) is 11.2. The van der Waals surface area contributed by atoms with E-state index in [0.717, 1.165) is 44.7 Å². The van der Waals surface area contributed by atoms with Crippen molar-refractivity contribution in [2.75, 3.05) is 52.4 Å². The number of aliphatic imine (C=N–C) groups is 1. The molecule has 0 amide bonds. The van der Waals surface area contributed by atoms with Crippen LogP contribution in [0.5, 0.6) is 0 Å². The monoisotopic (exact) mass is 364 g/mol. The zero-order valence-corrected chi connectivity index (χ0v) is 16.9. The van der Waals surface area contributed by atoms with Gasteiger partial charge in [0.05, 0.1) is 19.3 Å². The number of ether oxygens (including phenoxy) is 1. The molecular weight excluding hydrogens is 324 g/mol. The molecule has 2 saturated heterocycles. The first-order valence-electron chi connectivity index (χ1n) is 11.2. The van der Waals surface area contributed by atoms with Gasteiger partial charge < -0.3 is 19.9 Å². The summed E-state index contributed by atoms with van der Waals surface area (Å²) in [4.78, 5) is 9.98. The largest absolute Gasteiger partial charge is 0.376 e. The molecule has 0 spiro atoms. The summed E-state index contributed by atoms with van der Waals surface area (Å²) >= 11 is 0. The molecule has 3 rings (SSSR count). The summed E-state index contributed by atoms with van der Waals surface area (Å²) in [7, 11) is 0. The fraction of sp³-hybridized carbons (Fsp3) is 0.952. The van der Waals surface area contributed by atoms with Crippen molar-refractivity contribution in [3.63, 3.8) is 0 Å². The molecule has 0 aromatic heterocycles. The summed E-state index contributed by atoms with van der Waals surface area (Å²) in [6.07, 6.45) is 12.5. The molecule has 0 bridgehead atoms. The highest BCUT2D eigenvalue weighted by Crippen LogP contribution is 2.21. The number of rotatable bonds is 7. The van der Waals surface area contributed by atoms with Crippen molar-refractivity contribution in [2.24, 2.45) is 10.9 Å². The van der Waals surface area contributed by atoms with Crippen molar-refractivity contribution in [3.05, 3.63) is 0 Å². The molecule has 5 nitrogen and oxygen atoms in total. The van der Waals surface area contributed by atoms with Gasteiger partial charge in [0.1, 0.15) is 0 Å². The van der Waals surface area contributed by atoms with Gasteiger partial charge in [-0.15, -0.1) is 0 Å². The molecule has 26 heavy (non-hydrogen) atoms. The second-order valence-corrected chi connectivity index (χ2v) is 8.33. The summed E-state index contributed by atoms with van der Waals surface area (Å²) in [6.45, 7) is 10.9. The Balaban J connectivity index is 1.40. The minimum absolute atomic E-state index is 0.479. The van der Waals surface area contributed by atoms with Gasteiger partial charge >= 0.3 is 0 Å². The van der Waals surface area contributed by atoms with E-state index in [9.17, 15) is 0 Å². The topological polar surface area (TPSA) is 40.1 Å². The molecule has 150 valence electrons. The quantitative estimate of drug-likeness (QED) is 0.326. The van der Waals surface area contributed by atoms with E-state index < -0.39 is 0 Å². The predicted octanol–water partition coefficient (Wildman–Crippen LogP) is 3.11. The van der Waals surface area contributed by atoms with Crippen molar-refractivity contribution < 1.29 is 4.74 Å². The molecule has 1 saturated carbocycles. The highest BCUT2D eigenvalue weighted by molar-refractivity contribution is 5.80. The van der Waals surface area contributed by atoms with Crippen molar-refractivity contribution in [2.45, 2.75) is 70.8 Å². The maximum absolute atomic E-state index is 6.10. The zero-order valence-electron chi connectivity index (χ0n) is 16.9. The third kappa shape index (κ3) is 6.41. The van der Waals surface area contributed by atoms with E-state index in [1.807, 2.05) is 0 Å². The van der Waals surface area contributed by atoms with Gasteiger partial charge in [0.15, 0.2) is 5.96 Å². The second-order valence-electron chi connectivity index (χ2n) is 8.33. The highest BCUT2D eigenvalue weighted by atomic mass is 16.5. The van der Waals surface area contributed by atoms with Crippen molar-refractivity contribution in [3.8, 4) is 0 Å². The third-order valence-electron chi connectivity index (χ3n) is 6.14. The van der Waals surface area contributed by atoms with E-state index in [2.05, 4.69) is 22.0 Å². The lowest BCUT2D eigenvalue weighted by atomic mass is 10.1. The average Bonchev–Trinajstić information content (AvgIpc) is 3.26. The van der Waals surface area contributed by atoms with Crippen LogP contribution in [0.15, 0.2) is 4.99 Å². The molecule has 1 unspecified atom stereocenters. The van der Waals surface area contributed by atoms with E-state index in [1.165, 1.54) is 77.4 Å². The Kier molecular flexibility index (Phi) is 8.53. The van der Waals surface area contributed by atoms with Crippen LogP contribution < -0.4 is 5.32 Å². The summed E-state index contributed by atoms with van der Waals surface area (Å²) in [5.41, 5.74) is 0. The van der Waals surface area contributed by atoms with E-state index in [1.54, 1.807) is 0 Å². The van der Waals surface area contributed by atoms with E-state index in [0.29, 0.717) is 6.10 Å². The van der Waals surface area contributed by atoms with E-state index in [-0.39, 0.29) is 0 Å². The van der Waals surface area contributed by atoms with Gasteiger partial charge in [0, 0.05) is 26.2 Å². The molecule has 1 N–H and O–H groups in total. The van der Waals surface area contributed by atoms with Gasteiger partial charge in [0.2, 0.25) is 0 Å². The van der Waals surface area contributed by atoms with Gasteiger partial charge in [0.25, 0.3) is 0 Å². The number of guanidine groups is 1. The number of likely N-dealkylation sites (tertiary alicyclic amines) is 2. The molecule has 2 heterocycles. The number of hydrogen-bond donors (Lipinski definition) is 1. The minimum Gasteiger partial charge on any atom is -0.376 e. The molecule has 5 heteroatoms. The minimum atomic E-state index is 0.479. The average molecular weight is 365 g/mol. The third-order valence-corrected chi connectivity index (χ3v) is 6.14. The van der Waals surface area contributed by atoms with Crippen LogP contribution in [0.25, 0.3) is 0 Å². The van der Waals surface area contributed by atoms with Gasteiger partial charge in [-0.2, -0.15) is 0 Å². The van der Waals surface area contributed by atoms with Crippen LogP contribution in [0.4, 0.5) is 0 Å². The van der Waals surface area contributed by atoms with Crippen molar-refractivity contribution in [1.82, 2.24) is 15.1 Å². The number of nitrogens with one attached hydrogen (secondary N) is 1. The number of hydrogen-bond acceptors (Lipinski definition) is 3. The van der Waals surface area contributed by atoms with Gasteiger partial charge in [-0.05, 0) is 58.0 Å². The first-order chi connectivity index (χ1) is 12.8. The maximum Gasteiger partial charge on any atom is 0.194 e. The molecule has 1 aliphatic carbocycles. The van der Waals surface area contributed by atoms with Crippen LogP contribution in [0.3, 0.4) is 0 Å². The van der Waals surface area contributed by atoms with Gasteiger partial charge in [-0.1, -0.05) is 25.7 Å². The maximum atomic E-state index is 6.10. The lowest BCUT2D eigenvalue weighted by molar-refractivity contribution is 0.0486. The SMILES string of the molecule is CCNC(=NCCOC1CCCCCC1)N1CCC(CN2CCCC2)C1. The van der Waals surface area contributed by atoms with E-state index in [4.69, 9.17) is 9.73 Å². The Labute approximate surface area is 160 Å². The predicted molar refractivity (Wildman–Crippen MR) is 109 cm³/mol. The second kappa shape index (κ2) is 11.1. The summed E-state index contributed by atoms with van der Waals surface area (Å²) in [5.74, 6) is 1.90. The molecule has 0 aromatic carbocycles. The lowest BCUT2D eigenvalue weighted by Crippen LogP contribution is -2.41. The van der Waals surface area contributed by atoms with Crippen LogP contribution in [-0.4, -0.2) is 74.3 Å². The zero-order chi connectivity index (χ0) is 18.0. The molecule has 3 aliphatic rings. The lowest BCUT2D eigenvalue weighted by Gasteiger charge is -2.23. The van der Waals surface area contributed by atoms with Crippen LogP contribution >= 0.6 is 0 Å². The fourth-order valence-electron chi connectivity index (χ4n) is 4.71. The molecule has 0 radical (unpaired) electrons. The van der Waals surface area contributed by atoms with Crippen LogP contribution in [0.2, 0.25) is 0 Å². The molecule has 2 aliphatic heterocycles. The summed E-state index contributed by atoms with van der Waals surface area (Å²) in [6, 6.07) is 0. The Bertz CT molecular complexity index is 414. The van der Waals surface area contributed by atoms with Gasteiger partial charge in [-0.3, -0.25) is 4.99 Å². The number of nitrogens with zero attached hydrogens (tertiary/aromatic N) is 3. The Morgan fingerprint density at radius 2 is 1.77 bits per heavy atom. The normalized spacial score (nSPS) is 26.4. The molecule has 1 atom stereocenters. The molecule has 0 aromatic rings.